The van der Waals surface area contributed by atoms with Crippen LogP contribution >= 0.6 is 0 Å². The first kappa shape index (κ1) is 15.7. The van der Waals surface area contributed by atoms with Gasteiger partial charge in [-0.15, -0.1) is 0 Å². The molecule has 3 rings (SSSR count). The van der Waals surface area contributed by atoms with Crippen LogP contribution in [0.5, 0.6) is 0 Å². The number of rotatable bonds is 3. The number of ether oxygens (including phenoxy) is 1. The Hall–Kier alpha value is -2.22. The molecule has 124 valence electrons. The van der Waals surface area contributed by atoms with Gasteiger partial charge in [0.1, 0.15) is 11.8 Å². The number of aromatic amines is 1. The number of H-pyrrole nitrogens is 1. The normalized spacial score (nSPS) is 22.1. The Morgan fingerprint density at radius 1 is 1.26 bits per heavy atom. The van der Waals surface area contributed by atoms with Gasteiger partial charge < -0.3 is 15.0 Å². The lowest BCUT2D eigenvalue weighted by Gasteiger charge is -2.32. The molecule has 0 spiro atoms. The van der Waals surface area contributed by atoms with Gasteiger partial charge in [-0.25, -0.2) is 5.10 Å². The van der Waals surface area contributed by atoms with Crippen molar-refractivity contribution in [2.24, 2.45) is 0 Å². The van der Waals surface area contributed by atoms with Crippen LogP contribution < -0.4 is 10.9 Å². The summed E-state index contributed by atoms with van der Waals surface area (Å²) in [7, 11) is 0. The van der Waals surface area contributed by atoms with E-state index in [1.807, 2.05) is 0 Å². The van der Waals surface area contributed by atoms with E-state index in [9.17, 15) is 14.4 Å². The summed E-state index contributed by atoms with van der Waals surface area (Å²) in [5.74, 6) is -0.250. The van der Waals surface area contributed by atoms with Gasteiger partial charge in [0.15, 0.2) is 0 Å². The van der Waals surface area contributed by atoms with E-state index in [4.69, 9.17) is 4.74 Å². The monoisotopic (exact) mass is 320 g/mol. The number of carbonyl (C=O) groups excluding carboxylic acids is 2. The second kappa shape index (κ2) is 6.91. The molecule has 8 heteroatoms. The molecule has 1 atom stereocenters. The number of piperidine rings is 1. The van der Waals surface area contributed by atoms with Gasteiger partial charge in [-0.05, 0) is 31.7 Å². The molecule has 2 aliphatic heterocycles. The van der Waals surface area contributed by atoms with Crippen molar-refractivity contribution >= 4 is 11.8 Å². The van der Waals surface area contributed by atoms with Crippen LogP contribution in [-0.2, 0) is 9.53 Å². The van der Waals surface area contributed by atoms with E-state index in [1.54, 1.807) is 4.90 Å². The zero-order chi connectivity index (χ0) is 16.2. The second-order valence-corrected chi connectivity index (χ2v) is 5.88. The Morgan fingerprint density at radius 3 is 2.65 bits per heavy atom. The lowest BCUT2D eigenvalue weighted by atomic mass is 10.0. The Morgan fingerprint density at radius 2 is 2.04 bits per heavy atom. The molecule has 0 saturated carbocycles. The summed E-state index contributed by atoms with van der Waals surface area (Å²) in [6.07, 6.45) is 2.79. The molecule has 2 N–H and O–H groups in total. The van der Waals surface area contributed by atoms with Gasteiger partial charge in [0.05, 0.1) is 0 Å². The summed E-state index contributed by atoms with van der Waals surface area (Å²) in [4.78, 5) is 37.0. The highest BCUT2D eigenvalue weighted by Gasteiger charge is 2.29. The number of amides is 2. The zero-order valence-electron chi connectivity index (χ0n) is 12.8. The van der Waals surface area contributed by atoms with E-state index in [0.29, 0.717) is 32.5 Å². The van der Waals surface area contributed by atoms with Crippen LogP contribution in [0.3, 0.4) is 0 Å². The van der Waals surface area contributed by atoms with Gasteiger partial charge in [-0.1, -0.05) is 0 Å². The predicted molar refractivity (Wildman–Crippen MR) is 80.9 cm³/mol. The first-order valence-corrected chi connectivity index (χ1v) is 7.90. The molecule has 0 radical (unpaired) electrons. The Kier molecular flexibility index (Phi) is 4.71. The Bertz CT molecular complexity index is 610. The Labute approximate surface area is 133 Å². The first-order chi connectivity index (χ1) is 11.1. The third-order valence-corrected chi connectivity index (χ3v) is 4.25. The number of hydrogen-bond donors (Lipinski definition) is 2. The van der Waals surface area contributed by atoms with Crippen molar-refractivity contribution < 1.29 is 14.3 Å². The minimum Gasteiger partial charge on any atom is -0.368 e. The summed E-state index contributed by atoms with van der Waals surface area (Å²) in [6, 6.07) is 2.78. The van der Waals surface area contributed by atoms with E-state index in [0.717, 1.165) is 12.8 Å². The highest BCUT2D eigenvalue weighted by atomic mass is 16.5. The molecule has 23 heavy (non-hydrogen) atoms. The van der Waals surface area contributed by atoms with Crippen molar-refractivity contribution in [1.82, 2.24) is 20.4 Å². The smallest absolute Gasteiger partial charge is 0.274 e. The number of aromatic nitrogens is 2. The fraction of sp³-hybridized carbons (Fsp3) is 0.600. The quantitative estimate of drug-likeness (QED) is 0.793. The van der Waals surface area contributed by atoms with Crippen LogP contribution in [0.15, 0.2) is 16.9 Å². The minimum atomic E-state index is -0.336. The van der Waals surface area contributed by atoms with Crippen molar-refractivity contribution in [1.29, 1.82) is 0 Å². The van der Waals surface area contributed by atoms with Gasteiger partial charge in [0.2, 0.25) is 5.91 Å². The van der Waals surface area contributed by atoms with E-state index in [-0.39, 0.29) is 35.2 Å². The lowest BCUT2D eigenvalue weighted by molar-refractivity contribution is -0.131. The van der Waals surface area contributed by atoms with Gasteiger partial charge in [-0.2, -0.15) is 5.10 Å². The molecular formula is C15H20N4O4. The molecule has 3 heterocycles. The number of nitrogens with one attached hydrogen (secondary N) is 2. The molecule has 2 saturated heterocycles. The van der Waals surface area contributed by atoms with Crippen LogP contribution in [0, 0.1) is 0 Å². The van der Waals surface area contributed by atoms with E-state index >= 15 is 0 Å². The average molecular weight is 320 g/mol. The fourth-order valence-corrected chi connectivity index (χ4v) is 2.93. The van der Waals surface area contributed by atoms with Crippen molar-refractivity contribution in [2.75, 3.05) is 19.7 Å². The first-order valence-electron chi connectivity index (χ1n) is 7.90. The maximum absolute atomic E-state index is 12.3. The van der Waals surface area contributed by atoms with Crippen molar-refractivity contribution in [2.45, 2.75) is 37.8 Å². The summed E-state index contributed by atoms with van der Waals surface area (Å²) < 4.78 is 5.37. The standard InChI is InChI=1S/C15H20N4O4/c20-13-4-3-11(17-18-13)15(22)19-7-5-10(6-8-19)16-14(21)12-2-1-9-23-12/h3-4,10,12H,1-2,5-9H2,(H,16,21)(H,18,20). The molecule has 2 fully saturated rings. The van der Waals surface area contributed by atoms with Crippen LogP contribution in [0.1, 0.15) is 36.2 Å². The van der Waals surface area contributed by atoms with Crippen LogP contribution in [0.25, 0.3) is 0 Å². The summed E-state index contributed by atoms with van der Waals surface area (Å²) in [6.45, 7) is 1.75. The molecule has 0 bridgehead atoms. The SMILES string of the molecule is O=C(NC1CCN(C(=O)c2ccc(=O)[nH]n2)CC1)C1CCCO1. The number of likely N-dealkylation sites (tertiary alicyclic amines) is 1. The summed E-state index contributed by atoms with van der Waals surface area (Å²) in [5.41, 5.74) is -0.108. The van der Waals surface area contributed by atoms with E-state index in [1.165, 1.54) is 12.1 Å². The van der Waals surface area contributed by atoms with Crippen molar-refractivity contribution in [3.63, 3.8) is 0 Å². The molecule has 2 aliphatic rings. The fourth-order valence-electron chi connectivity index (χ4n) is 2.93. The van der Waals surface area contributed by atoms with Crippen molar-refractivity contribution in [3.8, 4) is 0 Å². The number of nitrogens with zero attached hydrogens (tertiary/aromatic N) is 2. The molecule has 1 aromatic rings. The van der Waals surface area contributed by atoms with Gasteiger partial charge >= 0.3 is 0 Å². The van der Waals surface area contributed by atoms with Gasteiger partial charge in [-0.3, -0.25) is 14.4 Å². The molecule has 1 aromatic heterocycles. The molecule has 1 unspecified atom stereocenters. The number of hydrogen-bond acceptors (Lipinski definition) is 5. The largest absolute Gasteiger partial charge is 0.368 e. The van der Waals surface area contributed by atoms with Gasteiger partial charge in [0.25, 0.3) is 11.5 Å². The maximum Gasteiger partial charge on any atom is 0.274 e. The summed E-state index contributed by atoms with van der Waals surface area (Å²) in [5, 5.41) is 9.02. The van der Waals surface area contributed by atoms with Crippen LogP contribution in [-0.4, -0.2) is 58.8 Å². The Balaban J connectivity index is 1.49. The molecular weight excluding hydrogens is 300 g/mol. The molecule has 0 aromatic carbocycles. The number of carbonyl (C=O) groups is 2. The second-order valence-electron chi connectivity index (χ2n) is 5.88. The molecule has 0 aliphatic carbocycles. The predicted octanol–water partition coefficient (Wildman–Crippen LogP) is -0.330. The minimum absolute atomic E-state index is 0.0467. The third-order valence-electron chi connectivity index (χ3n) is 4.25. The highest BCUT2D eigenvalue weighted by Crippen LogP contribution is 2.16. The maximum atomic E-state index is 12.3. The highest BCUT2D eigenvalue weighted by molar-refractivity contribution is 5.92. The van der Waals surface area contributed by atoms with Gasteiger partial charge in [0, 0.05) is 31.8 Å². The topological polar surface area (TPSA) is 104 Å². The van der Waals surface area contributed by atoms with Crippen LogP contribution in [0.2, 0.25) is 0 Å². The summed E-state index contributed by atoms with van der Waals surface area (Å²) >= 11 is 0. The zero-order valence-corrected chi connectivity index (χ0v) is 12.8. The van der Waals surface area contributed by atoms with E-state index < -0.39 is 0 Å². The third kappa shape index (κ3) is 3.76. The van der Waals surface area contributed by atoms with Crippen LogP contribution in [0.4, 0.5) is 0 Å². The van der Waals surface area contributed by atoms with Crippen molar-refractivity contribution in [3.05, 3.63) is 28.2 Å². The van der Waals surface area contributed by atoms with E-state index in [2.05, 4.69) is 15.5 Å². The average Bonchev–Trinajstić information content (AvgIpc) is 3.10. The molecule has 8 nitrogen and oxygen atoms in total. The molecule has 2 amide bonds. The lowest BCUT2D eigenvalue weighted by Crippen LogP contribution is -2.48.